The third kappa shape index (κ3) is 4.71. The van der Waals surface area contributed by atoms with Crippen LogP contribution >= 0.6 is 11.9 Å². The minimum Gasteiger partial charge on any atom is -0.480 e. The fourth-order valence-electron chi connectivity index (χ4n) is 3.27. The number of rotatable bonds is 10. The Morgan fingerprint density at radius 3 is 2.56 bits per heavy atom. The van der Waals surface area contributed by atoms with Crippen molar-refractivity contribution < 1.29 is 27.0 Å². The molecule has 3 heterocycles. The molecule has 0 saturated carbocycles. The van der Waals surface area contributed by atoms with E-state index < -0.39 is 19.5 Å². The number of H-pyrrole nitrogens is 1. The highest BCUT2D eigenvalue weighted by molar-refractivity contribution is 8.00. The maximum Gasteiger partial charge on any atom is 0.272 e. The van der Waals surface area contributed by atoms with Crippen molar-refractivity contribution in [2.75, 3.05) is 18.4 Å². The molecule has 0 spiro atoms. The number of anilines is 1. The summed E-state index contributed by atoms with van der Waals surface area (Å²) in [6.07, 6.45) is -0.541. The summed E-state index contributed by atoms with van der Waals surface area (Å²) in [7, 11) is 1.35. The molecule has 180 valence electrons. The number of hydrogen-bond acceptors (Lipinski definition) is 8. The Morgan fingerprint density at radius 1 is 1.15 bits per heavy atom. The summed E-state index contributed by atoms with van der Waals surface area (Å²) in [6.45, 7) is 0.983. The number of nitrogens with zero attached hydrogens (tertiary/aromatic N) is 5. The predicted molar refractivity (Wildman–Crippen MR) is 117 cm³/mol. The molecule has 34 heavy (non-hydrogen) atoms. The van der Waals surface area contributed by atoms with E-state index in [1.807, 2.05) is 0 Å². The maximum atomic E-state index is 13.6. The van der Waals surface area contributed by atoms with Gasteiger partial charge in [0.05, 0.1) is 35.6 Å². The molecule has 0 fully saturated rings. The number of methoxy groups -OCH3 is 1. The highest BCUT2D eigenvalue weighted by Crippen LogP contribution is 2.37. The first-order valence-electron chi connectivity index (χ1n) is 10.00. The van der Waals surface area contributed by atoms with Crippen molar-refractivity contribution in [3.63, 3.8) is 0 Å². The van der Waals surface area contributed by atoms with Crippen LogP contribution in [0, 0.1) is 0 Å². The summed E-state index contributed by atoms with van der Waals surface area (Å²) >= 11 is 1.13. The highest BCUT2D eigenvalue weighted by atomic mass is 32.2. The third-order valence-electron chi connectivity index (χ3n) is 4.71. The molecule has 2 N–H and O–H groups in total. The van der Waals surface area contributed by atoms with E-state index in [-0.39, 0.29) is 28.8 Å². The van der Waals surface area contributed by atoms with Gasteiger partial charge >= 0.3 is 0 Å². The molecule has 0 saturated heterocycles. The van der Waals surface area contributed by atoms with Gasteiger partial charge in [0.1, 0.15) is 12.3 Å². The lowest BCUT2D eigenvalue weighted by atomic mass is 10.1. The fourth-order valence-corrected chi connectivity index (χ4v) is 3.96. The van der Waals surface area contributed by atoms with Gasteiger partial charge in [-0.2, -0.15) is 15.2 Å². The van der Waals surface area contributed by atoms with Gasteiger partial charge in [-0.1, -0.05) is 19.1 Å². The number of fused-ring (bicyclic) bond motifs is 1. The number of aromatic nitrogens is 6. The van der Waals surface area contributed by atoms with E-state index in [0.717, 1.165) is 16.7 Å². The third-order valence-corrected chi connectivity index (χ3v) is 5.56. The van der Waals surface area contributed by atoms with Gasteiger partial charge in [-0.25, -0.2) is 22.5 Å². The lowest BCUT2D eigenvalue weighted by Gasteiger charge is -2.14. The largest absolute Gasteiger partial charge is 0.480 e. The van der Waals surface area contributed by atoms with Crippen molar-refractivity contribution in [3.8, 4) is 17.3 Å². The van der Waals surface area contributed by atoms with Crippen LogP contribution in [-0.4, -0.2) is 50.1 Å². The van der Waals surface area contributed by atoms with Crippen molar-refractivity contribution in [1.82, 2.24) is 29.9 Å². The van der Waals surface area contributed by atoms with E-state index in [4.69, 9.17) is 9.47 Å². The molecule has 0 aliphatic rings. The Morgan fingerprint density at radius 2 is 1.91 bits per heavy atom. The molecule has 0 amide bonds. The van der Waals surface area contributed by atoms with Crippen LogP contribution in [0.5, 0.6) is 11.6 Å². The number of hydrogen-bond donors (Lipinski definition) is 2. The summed E-state index contributed by atoms with van der Waals surface area (Å²) in [5.41, 5.74) is 0.760. The zero-order chi connectivity index (χ0) is 24.2. The van der Waals surface area contributed by atoms with Crippen molar-refractivity contribution >= 4 is 28.8 Å². The first-order chi connectivity index (χ1) is 16.4. The summed E-state index contributed by atoms with van der Waals surface area (Å²) in [4.78, 5) is 13.3. The maximum absolute atomic E-state index is 13.6. The summed E-state index contributed by atoms with van der Waals surface area (Å²) in [6, 6.07) is 2.90. The van der Waals surface area contributed by atoms with Gasteiger partial charge in [0.2, 0.25) is 11.7 Å². The number of ether oxygens (including phenoxy) is 2. The van der Waals surface area contributed by atoms with Crippen LogP contribution in [0.15, 0.2) is 35.6 Å². The molecule has 0 unspecified atom stereocenters. The molecule has 14 heteroatoms. The standard InChI is InChI=1S/C20H19F4N7O2S/c1-3-12-17(33-9-14(21)22)19(32-2)29-20(28-12)30-34-13-8-25-15-10(13)4-5-11(18(23)24)16(15)31-26-6-7-27-31/h4-8,14,18,25H,3,9H2,1-2H3,(H,28,29,30). The quantitative estimate of drug-likeness (QED) is 0.238. The average molecular weight is 497 g/mol. The van der Waals surface area contributed by atoms with Crippen molar-refractivity contribution in [2.45, 2.75) is 31.1 Å². The van der Waals surface area contributed by atoms with Crippen LogP contribution in [0.4, 0.5) is 23.5 Å². The zero-order valence-electron chi connectivity index (χ0n) is 17.9. The lowest BCUT2D eigenvalue weighted by Crippen LogP contribution is -2.11. The van der Waals surface area contributed by atoms with Crippen molar-refractivity contribution in [1.29, 1.82) is 0 Å². The van der Waals surface area contributed by atoms with Gasteiger partial charge in [0.25, 0.3) is 18.7 Å². The fraction of sp³-hybridized carbons (Fsp3) is 0.300. The van der Waals surface area contributed by atoms with Gasteiger partial charge in [-0.05, 0) is 18.4 Å². The summed E-state index contributed by atoms with van der Waals surface area (Å²) < 4.78 is 65.7. The van der Waals surface area contributed by atoms with Crippen LogP contribution in [-0.2, 0) is 6.42 Å². The summed E-state index contributed by atoms with van der Waals surface area (Å²) in [5.74, 6) is 0.239. The molecular formula is C20H19F4N7O2S. The van der Waals surface area contributed by atoms with Crippen molar-refractivity contribution in [3.05, 3.63) is 42.0 Å². The van der Waals surface area contributed by atoms with Crippen LogP contribution in [0.1, 0.15) is 24.6 Å². The highest BCUT2D eigenvalue weighted by Gasteiger charge is 2.22. The Labute approximate surface area is 195 Å². The first kappa shape index (κ1) is 23.6. The van der Waals surface area contributed by atoms with Crippen LogP contribution in [0.25, 0.3) is 16.6 Å². The molecule has 0 atom stereocenters. The van der Waals surface area contributed by atoms with Crippen LogP contribution in [0.3, 0.4) is 0 Å². The van der Waals surface area contributed by atoms with Gasteiger partial charge in [-0.3, -0.25) is 4.72 Å². The average Bonchev–Trinajstić information content (AvgIpc) is 3.50. The van der Waals surface area contributed by atoms with E-state index in [9.17, 15) is 17.6 Å². The normalized spacial score (nSPS) is 11.5. The second-order valence-corrected chi connectivity index (χ2v) is 7.64. The Balaban J connectivity index is 1.64. The number of aromatic amines is 1. The number of alkyl halides is 4. The Bertz CT molecular complexity index is 1240. The second-order valence-electron chi connectivity index (χ2n) is 6.79. The van der Waals surface area contributed by atoms with Gasteiger partial charge in [0, 0.05) is 17.1 Å². The smallest absolute Gasteiger partial charge is 0.272 e. The molecular weight excluding hydrogens is 478 g/mol. The van der Waals surface area contributed by atoms with Gasteiger partial charge in [0.15, 0.2) is 0 Å². The topological polar surface area (TPSA) is 103 Å². The molecule has 0 aliphatic carbocycles. The molecule has 4 rings (SSSR count). The number of nitrogens with one attached hydrogen (secondary N) is 2. The molecule has 0 bridgehead atoms. The van der Waals surface area contributed by atoms with Crippen molar-refractivity contribution in [2.24, 2.45) is 0 Å². The predicted octanol–water partition coefficient (Wildman–Crippen LogP) is 4.81. The van der Waals surface area contributed by atoms with Gasteiger partial charge in [-0.15, -0.1) is 4.80 Å². The summed E-state index contributed by atoms with van der Waals surface area (Å²) in [5, 5.41) is 8.63. The Kier molecular flexibility index (Phi) is 7.05. The van der Waals surface area contributed by atoms with Gasteiger partial charge < -0.3 is 14.5 Å². The molecule has 4 aromatic rings. The monoisotopic (exact) mass is 497 g/mol. The lowest BCUT2D eigenvalue weighted by molar-refractivity contribution is 0.0793. The van der Waals surface area contributed by atoms with Crippen LogP contribution < -0.4 is 14.2 Å². The Hall–Kier alpha value is -3.55. The molecule has 3 aromatic heterocycles. The minimum absolute atomic E-state index is 0.0168. The van der Waals surface area contributed by atoms with E-state index in [1.54, 1.807) is 19.2 Å². The second kappa shape index (κ2) is 10.2. The van der Waals surface area contributed by atoms with E-state index in [2.05, 4.69) is 29.9 Å². The van der Waals surface area contributed by atoms with E-state index >= 15 is 0 Å². The number of benzene rings is 1. The van der Waals surface area contributed by atoms with Crippen LogP contribution in [0.2, 0.25) is 0 Å². The first-order valence-corrected chi connectivity index (χ1v) is 10.8. The molecule has 0 aliphatic heterocycles. The molecule has 1 aromatic carbocycles. The molecule has 0 radical (unpaired) electrons. The van der Waals surface area contributed by atoms with E-state index in [0.29, 0.717) is 27.9 Å². The SMILES string of the molecule is CCc1nc(NSc2c[nH]c3c(-n4nccn4)c(C(F)F)ccc23)nc(OC)c1OCC(F)F. The molecule has 9 nitrogen and oxygen atoms in total. The minimum atomic E-state index is -2.72. The number of halogens is 4. The van der Waals surface area contributed by atoms with E-state index in [1.165, 1.54) is 25.6 Å². The zero-order valence-corrected chi connectivity index (χ0v) is 18.7. The number of aryl methyl sites for hydroxylation is 1.